The van der Waals surface area contributed by atoms with Crippen LogP contribution in [-0.2, 0) is 5.54 Å². The molecule has 8 nitrogen and oxygen atoms in total. The van der Waals surface area contributed by atoms with Crippen molar-refractivity contribution in [3.8, 4) is 0 Å². The highest BCUT2D eigenvalue weighted by atomic mass is 16.3. The van der Waals surface area contributed by atoms with Crippen molar-refractivity contribution >= 4 is 0 Å². The minimum atomic E-state index is -1.61. The lowest BCUT2D eigenvalue weighted by atomic mass is 9.95. The van der Waals surface area contributed by atoms with Gasteiger partial charge in [0.2, 0.25) is 0 Å². The Kier molecular flexibility index (Phi) is 3.42. The van der Waals surface area contributed by atoms with E-state index < -0.39 is 42.2 Å². The largest absolute Gasteiger partial charge is 0.393 e. The van der Waals surface area contributed by atoms with Gasteiger partial charge >= 0.3 is 5.69 Å². The average Bonchev–Trinajstić information content (AvgIpc) is 2.64. The lowest BCUT2D eigenvalue weighted by molar-refractivity contribution is -0.0319. The zero-order valence-corrected chi connectivity index (χ0v) is 9.85. The maximum atomic E-state index is 11.8. The van der Waals surface area contributed by atoms with Crippen molar-refractivity contribution in [1.29, 1.82) is 0 Å². The highest BCUT2D eigenvalue weighted by Gasteiger charge is 2.48. The molecule has 0 bridgehead atoms. The smallest absolute Gasteiger partial charge is 0.329 e. The summed E-state index contributed by atoms with van der Waals surface area (Å²) in [6, 6.07) is 1.06. The molecule has 19 heavy (non-hydrogen) atoms. The number of hydrogen-bond donors (Lipinski definition) is 5. The van der Waals surface area contributed by atoms with E-state index in [1.54, 1.807) is 0 Å². The lowest BCUT2D eigenvalue weighted by Crippen LogP contribution is -2.53. The number of nitrogens with zero attached hydrogens (tertiary/aromatic N) is 1. The fraction of sp³-hybridized carbons (Fsp3) is 0.455. The Morgan fingerprint density at radius 3 is 2.47 bits per heavy atom. The maximum absolute atomic E-state index is 11.8. The van der Waals surface area contributed by atoms with Gasteiger partial charge in [0, 0.05) is 12.3 Å². The van der Waals surface area contributed by atoms with Gasteiger partial charge in [-0.3, -0.25) is 14.3 Å². The van der Waals surface area contributed by atoms with Crippen molar-refractivity contribution in [2.75, 3.05) is 13.2 Å². The summed E-state index contributed by atoms with van der Waals surface area (Å²) in [6.07, 6.45) is -0.550. The van der Waals surface area contributed by atoms with Crippen LogP contribution in [0, 0.1) is 0 Å². The van der Waals surface area contributed by atoms with Gasteiger partial charge in [0.25, 0.3) is 5.56 Å². The van der Waals surface area contributed by atoms with Crippen LogP contribution in [-0.4, -0.2) is 55.4 Å². The fourth-order valence-corrected chi connectivity index (χ4v) is 2.28. The Labute approximate surface area is 106 Å². The summed E-state index contributed by atoms with van der Waals surface area (Å²) >= 11 is 0. The van der Waals surface area contributed by atoms with E-state index in [1.165, 1.54) is 6.08 Å². The molecule has 0 aromatic carbocycles. The van der Waals surface area contributed by atoms with Crippen molar-refractivity contribution < 1.29 is 20.4 Å². The van der Waals surface area contributed by atoms with E-state index in [1.807, 2.05) is 4.98 Å². The number of aromatic amines is 1. The molecule has 104 valence electrons. The zero-order chi connectivity index (χ0) is 14.2. The summed E-state index contributed by atoms with van der Waals surface area (Å²) in [7, 11) is 0. The summed E-state index contributed by atoms with van der Waals surface area (Å²) in [5.41, 5.74) is -2.96. The lowest BCUT2D eigenvalue weighted by Gasteiger charge is -2.32. The van der Waals surface area contributed by atoms with Crippen LogP contribution in [0.1, 0.15) is 0 Å². The van der Waals surface area contributed by atoms with Gasteiger partial charge in [0.1, 0.15) is 17.7 Å². The SMILES string of the molecule is O=c1ccn([C@]2(CO)C=C(CO)[C@@H](O)[C@H]2O)c(=O)[nH]1. The van der Waals surface area contributed by atoms with Gasteiger partial charge in [0.05, 0.1) is 13.2 Å². The third-order valence-corrected chi connectivity index (χ3v) is 3.33. The van der Waals surface area contributed by atoms with Crippen LogP contribution in [0.4, 0.5) is 0 Å². The Bertz CT molecular complexity index is 618. The molecule has 0 fully saturated rings. The second-order valence-corrected chi connectivity index (χ2v) is 4.40. The topological polar surface area (TPSA) is 136 Å². The molecule has 0 radical (unpaired) electrons. The molecule has 0 saturated heterocycles. The number of nitrogens with one attached hydrogen (secondary N) is 1. The molecular formula is C11H14N2O6. The van der Waals surface area contributed by atoms with E-state index in [4.69, 9.17) is 5.11 Å². The highest BCUT2D eigenvalue weighted by molar-refractivity contribution is 5.29. The van der Waals surface area contributed by atoms with Crippen LogP contribution < -0.4 is 11.2 Å². The molecule has 1 heterocycles. The minimum Gasteiger partial charge on any atom is -0.393 e. The molecule has 0 unspecified atom stereocenters. The first-order valence-electron chi connectivity index (χ1n) is 5.58. The van der Waals surface area contributed by atoms with E-state index in [0.717, 1.165) is 16.8 Å². The molecule has 5 N–H and O–H groups in total. The molecule has 0 saturated carbocycles. The second-order valence-electron chi connectivity index (χ2n) is 4.40. The molecule has 0 aliphatic heterocycles. The quantitative estimate of drug-likeness (QED) is 0.369. The Hall–Kier alpha value is -1.74. The van der Waals surface area contributed by atoms with Gasteiger partial charge in [-0.05, 0) is 11.6 Å². The monoisotopic (exact) mass is 270 g/mol. The minimum absolute atomic E-state index is 0.0969. The summed E-state index contributed by atoms with van der Waals surface area (Å²) in [4.78, 5) is 24.8. The van der Waals surface area contributed by atoms with E-state index in [2.05, 4.69) is 0 Å². The molecule has 1 aliphatic carbocycles. The molecule has 2 rings (SSSR count). The first-order chi connectivity index (χ1) is 8.96. The third-order valence-electron chi connectivity index (χ3n) is 3.33. The van der Waals surface area contributed by atoms with Gasteiger partial charge in [-0.1, -0.05) is 0 Å². The van der Waals surface area contributed by atoms with Crippen molar-refractivity contribution in [2.45, 2.75) is 17.7 Å². The second kappa shape index (κ2) is 4.74. The zero-order valence-electron chi connectivity index (χ0n) is 9.85. The van der Waals surface area contributed by atoms with Crippen LogP contribution in [0.2, 0.25) is 0 Å². The van der Waals surface area contributed by atoms with E-state index >= 15 is 0 Å². The predicted octanol–water partition coefficient (Wildman–Crippen LogP) is -3.12. The fourth-order valence-electron chi connectivity index (χ4n) is 2.28. The van der Waals surface area contributed by atoms with Crippen molar-refractivity contribution in [2.24, 2.45) is 0 Å². The summed E-state index contributed by atoms with van der Waals surface area (Å²) in [6.45, 7) is -1.20. The van der Waals surface area contributed by atoms with Crippen LogP contribution in [0.25, 0.3) is 0 Å². The number of hydrogen-bond acceptors (Lipinski definition) is 6. The van der Waals surface area contributed by atoms with Crippen molar-refractivity contribution in [3.63, 3.8) is 0 Å². The Morgan fingerprint density at radius 1 is 1.32 bits per heavy atom. The molecular weight excluding hydrogens is 256 g/mol. The van der Waals surface area contributed by atoms with Gasteiger partial charge < -0.3 is 20.4 Å². The molecule has 1 aromatic heterocycles. The number of aromatic nitrogens is 2. The number of aliphatic hydroxyl groups is 4. The van der Waals surface area contributed by atoms with Gasteiger partial charge in [-0.25, -0.2) is 4.79 Å². The first-order valence-corrected chi connectivity index (χ1v) is 5.58. The van der Waals surface area contributed by atoms with E-state index in [9.17, 15) is 24.9 Å². The maximum Gasteiger partial charge on any atom is 0.329 e. The van der Waals surface area contributed by atoms with Gasteiger partial charge in [-0.15, -0.1) is 0 Å². The molecule has 8 heteroatoms. The molecule has 0 amide bonds. The third kappa shape index (κ3) is 1.94. The number of aliphatic hydroxyl groups excluding tert-OH is 4. The van der Waals surface area contributed by atoms with Crippen molar-refractivity contribution in [1.82, 2.24) is 9.55 Å². The number of H-pyrrole nitrogens is 1. The van der Waals surface area contributed by atoms with Gasteiger partial charge in [0.15, 0.2) is 0 Å². The summed E-state index contributed by atoms with van der Waals surface area (Å²) < 4.78 is 0.922. The van der Waals surface area contributed by atoms with Crippen LogP contribution >= 0.6 is 0 Å². The summed E-state index contributed by atoms with van der Waals surface area (Å²) in [5.74, 6) is 0. The predicted molar refractivity (Wildman–Crippen MR) is 63.6 cm³/mol. The van der Waals surface area contributed by atoms with Gasteiger partial charge in [-0.2, -0.15) is 0 Å². The molecule has 1 aromatic rings. The number of rotatable bonds is 3. The van der Waals surface area contributed by atoms with Crippen molar-refractivity contribution in [3.05, 3.63) is 44.8 Å². The summed E-state index contributed by atoms with van der Waals surface area (Å²) in [5, 5.41) is 38.4. The normalized spacial score (nSPS) is 30.4. The van der Waals surface area contributed by atoms with Crippen LogP contribution in [0.3, 0.4) is 0 Å². The van der Waals surface area contributed by atoms with E-state index in [-0.39, 0.29) is 5.57 Å². The Morgan fingerprint density at radius 2 is 2.00 bits per heavy atom. The van der Waals surface area contributed by atoms with E-state index in [0.29, 0.717) is 0 Å². The highest BCUT2D eigenvalue weighted by Crippen LogP contribution is 2.33. The molecule has 0 spiro atoms. The first kappa shape index (κ1) is 13.7. The molecule has 3 atom stereocenters. The van der Waals surface area contributed by atoms with Crippen LogP contribution in [0.15, 0.2) is 33.5 Å². The Balaban J connectivity index is 2.64. The molecule has 1 aliphatic rings. The average molecular weight is 270 g/mol. The van der Waals surface area contributed by atoms with Crippen LogP contribution in [0.5, 0.6) is 0 Å². The standard InChI is InChI=1S/C11H14N2O6/c14-4-6-3-11(5-15,9(18)8(6)17)13-2-1-7(16)12-10(13)19/h1-3,8-9,14-15,17-18H,4-5H2,(H,12,16,19)/t8-,9-,11+/m1/s1.